The molecule has 5 rings (SSSR count). The summed E-state index contributed by atoms with van der Waals surface area (Å²) in [6.07, 6.45) is 14.1. The molecule has 0 N–H and O–H groups in total. The third-order valence-corrected chi connectivity index (χ3v) is 8.82. The molecule has 23 heavy (non-hydrogen) atoms. The number of allylic oxidation sites excluding steroid dienone is 1. The van der Waals surface area contributed by atoms with Gasteiger partial charge in [-0.05, 0) is 69.3 Å². The number of ketones is 1. The predicted octanol–water partition coefficient (Wildman–Crippen LogP) is 4.68. The Morgan fingerprint density at radius 2 is 2.04 bits per heavy atom. The van der Waals surface area contributed by atoms with E-state index in [9.17, 15) is 4.79 Å². The number of carbonyl (C=O) groups is 1. The summed E-state index contributed by atoms with van der Waals surface area (Å²) in [5, 5.41) is 0. The average molecular weight is 314 g/mol. The molecule has 6 atom stereocenters. The van der Waals surface area contributed by atoms with Crippen LogP contribution >= 0.6 is 0 Å². The zero-order chi connectivity index (χ0) is 15.9. The van der Waals surface area contributed by atoms with Gasteiger partial charge >= 0.3 is 0 Å². The number of Topliss-reactive ketones (excluding diaryl/α,β-unsaturated/α-hetero) is 1. The summed E-state index contributed by atoms with van der Waals surface area (Å²) in [5.74, 6) is 2.23. The van der Waals surface area contributed by atoms with E-state index in [0.29, 0.717) is 11.2 Å². The highest BCUT2D eigenvalue weighted by atomic mass is 16.5. The Balaban J connectivity index is 1.58. The fraction of sp³-hybridized carbons (Fsp3) is 0.857. The Bertz CT molecular complexity index is 589. The highest BCUT2D eigenvalue weighted by Gasteiger charge is 2.70. The normalized spacial score (nSPS) is 54.0. The topological polar surface area (TPSA) is 26.3 Å². The molecule has 5 aliphatic rings. The van der Waals surface area contributed by atoms with Crippen LogP contribution in [-0.2, 0) is 9.53 Å². The van der Waals surface area contributed by atoms with E-state index in [1.165, 1.54) is 51.4 Å². The first-order chi connectivity index (χ1) is 11.0. The van der Waals surface area contributed by atoms with Gasteiger partial charge in [0, 0.05) is 16.7 Å². The van der Waals surface area contributed by atoms with Crippen molar-refractivity contribution in [1.82, 2.24) is 0 Å². The van der Waals surface area contributed by atoms with E-state index in [0.717, 1.165) is 24.9 Å². The number of carbonyl (C=O) groups excluding carboxylic acids is 1. The van der Waals surface area contributed by atoms with Crippen LogP contribution in [0.2, 0.25) is 0 Å². The van der Waals surface area contributed by atoms with Gasteiger partial charge in [-0.2, -0.15) is 0 Å². The number of hydrogen-bond acceptors (Lipinski definition) is 2. The van der Waals surface area contributed by atoms with Crippen molar-refractivity contribution >= 4 is 5.78 Å². The molecule has 126 valence electrons. The van der Waals surface area contributed by atoms with Gasteiger partial charge in [-0.25, -0.2) is 0 Å². The van der Waals surface area contributed by atoms with Crippen LogP contribution in [0, 0.1) is 28.6 Å². The van der Waals surface area contributed by atoms with Gasteiger partial charge in [-0.3, -0.25) is 4.79 Å². The van der Waals surface area contributed by atoms with E-state index in [1.807, 2.05) is 0 Å². The van der Waals surface area contributed by atoms with Crippen molar-refractivity contribution in [3.63, 3.8) is 0 Å². The largest absolute Gasteiger partial charge is 0.370 e. The summed E-state index contributed by atoms with van der Waals surface area (Å²) < 4.78 is 6.76. The van der Waals surface area contributed by atoms with Gasteiger partial charge in [-0.15, -0.1) is 0 Å². The van der Waals surface area contributed by atoms with E-state index >= 15 is 0 Å². The van der Waals surface area contributed by atoms with Gasteiger partial charge in [0.15, 0.2) is 0 Å². The second-order valence-electron chi connectivity index (χ2n) is 9.42. The predicted molar refractivity (Wildman–Crippen MR) is 90.0 cm³/mol. The van der Waals surface area contributed by atoms with Crippen LogP contribution < -0.4 is 0 Å². The van der Waals surface area contributed by atoms with Crippen molar-refractivity contribution in [2.45, 2.75) is 77.2 Å². The highest BCUT2D eigenvalue weighted by Crippen LogP contribution is 2.71. The Labute approximate surface area is 140 Å². The Hall–Kier alpha value is -0.630. The summed E-state index contributed by atoms with van der Waals surface area (Å²) in [4.78, 5) is 12.2. The maximum absolute atomic E-state index is 12.2. The molecule has 0 unspecified atom stereocenters. The van der Waals surface area contributed by atoms with Crippen molar-refractivity contribution in [2.75, 3.05) is 6.61 Å². The minimum Gasteiger partial charge on any atom is -0.370 e. The molecule has 2 heteroatoms. The Morgan fingerprint density at radius 1 is 1.17 bits per heavy atom. The molecule has 1 heterocycles. The van der Waals surface area contributed by atoms with Crippen LogP contribution in [-0.4, -0.2) is 18.0 Å². The molecule has 1 saturated heterocycles. The van der Waals surface area contributed by atoms with Crippen LogP contribution in [0.5, 0.6) is 0 Å². The monoisotopic (exact) mass is 314 g/mol. The molecule has 1 spiro atoms. The minimum atomic E-state index is 0.00500. The van der Waals surface area contributed by atoms with E-state index in [-0.39, 0.29) is 16.9 Å². The SMILES string of the molecule is CC(=O)[C@H]1CC=C2[C@]1(C)CC[C@@H]1[C@@]34CCCC[C@@H]3CC[C@@]21OC4. The second kappa shape index (κ2) is 4.50. The molecular formula is C21H30O2. The van der Waals surface area contributed by atoms with Gasteiger partial charge < -0.3 is 4.74 Å². The van der Waals surface area contributed by atoms with E-state index < -0.39 is 0 Å². The van der Waals surface area contributed by atoms with E-state index in [2.05, 4.69) is 13.0 Å². The maximum Gasteiger partial charge on any atom is 0.134 e. The summed E-state index contributed by atoms with van der Waals surface area (Å²) >= 11 is 0. The number of hydrogen-bond donors (Lipinski definition) is 0. The molecule has 0 radical (unpaired) electrons. The molecule has 1 aliphatic heterocycles. The lowest BCUT2D eigenvalue weighted by molar-refractivity contribution is -0.126. The molecule has 2 nitrogen and oxygen atoms in total. The molecule has 3 saturated carbocycles. The summed E-state index contributed by atoms with van der Waals surface area (Å²) in [5.41, 5.74) is 2.11. The fourth-order valence-corrected chi connectivity index (χ4v) is 7.84. The standard InChI is InChI=1S/C21H30O2/c1-14(22)16-6-7-17-19(16,2)11-9-18-20-10-4-3-5-15(20)8-12-21(17,18)23-13-20/h7,15-16,18H,3-6,8-13H2,1-2H3/t15-,16-,18-,19-,20-,21-/m1/s1. The first-order valence-electron chi connectivity index (χ1n) is 9.88. The average Bonchev–Trinajstić information content (AvgIpc) is 2.99. The first kappa shape index (κ1) is 14.7. The smallest absolute Gasteiger partial charge is 0.134 e. The molecule has 0 aromatic rings. The van der Waals surface area contributed by atoms with E-state index in [4.69, 9.17) is 4.74 Å². The van der Waals surface area contributed by atoms with Crippen molar-refractivity contribution in [1.29, 1.82) is 0 Å². The quantitative estimate of drug-likeness (QED) is 0.657. The second-order valence-corrected chi connectivity index (χ2v) is 9.42. The number of ether oxygens (including phenoxy) is 1. The molecule has 0 aromatic heterocycles. The van der Waals surface area contributed by atoms with Crippen LogP contribution in [0.4, 0.5) is 0 Å². The molecule has 4 aliphatic carbocycles. The number of rotatable bonds is 1. The van der Waals surface area contributed by atoms with E-state index in [1.54, 1.807) is 12.5 Å². The summed E-state index contributed by atoms with van der Waals surface area (Å²) in [6.45, 7) is 5.16. The molecule has 4 fully saturated rings. The maximum atomic E-state index is 12.2. The first-order valence-corrected chi connectivity index (χ1v) is 9.88. The minimum absolute atomic E-state index is 0.00500. The van der Waals surface area contributed by atoms with Crippen molar-refractivity contribution < 1.29 is 9.53 Å². The van der Waals surface area contributed by atoms with Crippen LogP contribution in [0.15, 0.2) is 11.6 Å². The summed E-state index contributed by atoms with van der Waals surface area (Å²) in [7, 11) is 0. The van der Waals surface area contributed by atoms with Crippen molar-refractivity contribution in [3.8, 4) is 0 Å². The Morgan fingerprint density at radius 3 is 2.87 bits per heavy atom. The van der Waals surface area contributed by atoms with Crippen molar-refractivity contribution in [3.05, 3.63) is 11.6 Å². The van der Waals surface area contributed by atoms with Crippen molar-refractivity contribution in [2.24, 2.45) is 28.6 Å². The lowest BCUT2D eigenvalue weighted by Gasteiger charge is -2.58. The number of fused-ring (bicyclic) bond motifs is 1. The van der Waals surface area contributed by atoms with Gasteiger partial charge in [0.2, 0.25) is 0 Å². The Kier molecular flexibility index (Phi) is 2.88. The zero-order valence-corrected chi connectivity index (χ0v) is 14.7. The zero-order valence-electron chi connectivity index (χ0n) is 14.7. The molecular weight excluding hydrogens is 284 g/mol. The summed E-state index contributed by atoms with van der Waals surface area (Å²) in [6, 6.07) is 0. The third-order valence-electron chi connectivity index (χ3n) is 8.82. The molecule has 0 amide bonds. The van der Waals surface area contributed by atoms with Crippen LogP contribution in [0.3, 0.4) is 0 Å². The lowest BCUT2D eigenvalue weighted by Crippen LogP contribution is -2.56. The highest BCUT2D eigenvalue weighted by molar-refractivity contribution is 5.81. The fourth-order valence-electron chi connectivity index (χ4n) is 7.84. The van der Waals surface area contributed by atoms with Gasteiger partial charge in [0.1, 0.15) is 5.78 Å². The van der Waals surface area contributed by atoms with Gasteiger partial charge in [0.05, 0.1) is 12.2 Å². The molecule has 2 bridgehead atoms. The third kappa shape index (κ3) is 1.57. The van der Waals surface area contributed by atoms with Crippen LogP contribution in [0.25, 0.3) is 0 Å². The lowest BCUT2D eigenvalue weighted by atomic mass is 9.45. The van der Waals surface area contributed by atoms with Gasteiger partial charge in [0.25, 0.3) is 0 Å². The van der Waals surface area contributed by atoms with Crippen LogP contribution in [0.1, 0.15) is 71.6 Å². The molecule has 0 aromatic carbocycles. The van der Waals surface area contributed by atoms with Gasteiger partial charge in [-0.1, -0.05) is 25.8 Å².